The normalized spacial score (nSPS) is 14.4. The molecule has 0 aromatic carbocycles. The number of carbonyl (C=O) groups excluding carboxylic acids is 2. The van der Waals surface area contributed by atoms with Crippen molar-refractivity contribution in [2.45, 2.75) is 136 Å². The summed E-state index contributed by atoms with van der Waals surface area (Å²) in [6, 6.07) is 0. The van der Waals surface area contributed by atoms with E-state index in [1.165, 1.54) is 0 Å². The van der Waals surface area contributed by atoms with E-state index in [9.17, 15) is 19.0 Å². The van der Waals surface area contributed by atoms with E-state index in [1.54, 1.807) is 0 Å². The third kappa shape index (κ3) is 33.9. The van der Waals surface area contributed by atoms with Crippen LogP contribution in [0.1, 0.15) is 129 Å². The van der Waals surface area contributed by atoms with E-state index in [0.29, 0.717) is 17.4 Å². The third-order valence-electron chi connectivity index (χ3n) is 7.36. The second-order valence-electron chi connectivity index (χ2n) is 13.2. The van der Waals surface area contributed by atoms with Gasteiger partial charge in [-0.05, 0) is 51.4 Å². The number of nitrogens with zero attached hydrogens (tertiary/aromatic N) is 1. The van der Waals surface area contributed by atoms with E-state index >= 15 is 0 Å². The lowest BCUT2D eigenvalue weighted by atomic mass is 10.1. The third-order valence-corrected chi connectivity index (χ3v) is 8.33. The van der Waals surface area contributed by atoms with Crippen molar-refractivity contribution in [2.24, 2.45) is 0 Å². The van der Waals surface area contributed by atoms with Gasteiger partial charge in [0.15, 0.2) is 6.10 Å². The smallest absolute Gasteiger partial charge is 0.306 e. The molecule has 0 heterocycles. The number of esters is 2. The van der Waals surface area contributed by atoms with Gasteiger partial charge in [-0.25, -0.2) is 0 Å². The molecule has 2 atom stereocenters. The maximum atomic E-state index is 12.5. The van der Waals surface area contributed by atoms with E-state index in [0.717, 1.165) is 96.3 Å². The van der Waals surface area contributed by atoms with Gasteiger partial charge in [0, 0.05) is 12.8 Å². The molecule has 0 saturated carbocycles. The van der Waals surface area contributed by atoms with Crippen molar-refractivity contribution in [3.63, 3.8) is 0 Å². The van der Waals surface area contributed by atoms with Gasteiger partial charge in [-0.15, -0.1) is 0 Å². The molecule has 0 aliphatic carbocycles. The van der Waals surface area contributed by atoms with Crippen LogP contribution in [0.15, 0.2) is 48.6 Å². The second-order valence-corrected chi connectivity index (χ2v) is 14.6. The lowest BCUT2D eigenvalue weighted by Crippen LogP contribution is -2.37. The minimum atomic E-state index is -4.61. The Hall–Kier alpha value is -2.03. The SMILES string of the molecule is CC/C=C\C/C=C\C/C=C\C/C=C\CCCCCCCCC(=O)OC(COC(=O)CCCCCCC)COP(=O)([O-])OCC[N+](C)(C)C. The van der Waals surface area contributed by atoms with Crippen LogP contribution in [-0.2, 0) is 32.7 Å². The van der Waals surface area contributed by atoms with Crippen LogP contribution in [0.3, 0.4) is 0 Å². The molecule has 48 heavy (non-hydrogen) atoms. The molecule has 0 amide bonds. The fourth-order valence-electron chi connectivity index (χ4n) is 4.47. The lowest BCUT2D eigenvalue weighted by Gasteiger charge is -2.28. The van der Waals surface area contributed by atoms with Gasteiger partial charge in [0.2, 0.25) is 0 Å². The summed E-state index contributed by atoms with van der Waals surface area (Å²) in [6.07, 6.45) is 33.2. The van der Waals surface area contributed by atoms with Crippen molar-refractivity contribution < 1.29 is 42.1 Å². The molecular weight excluding hydrogens is 629 g/mol. The van der Waals surface area contributed by atoms with Gasteiger partial charge in [-0.1, -0.05) is 114 Å². The molecule has 0 spiro atoms. The maximum Gasteiger partial charge on any atom is 0.306 e. The molecular formula is C38H68NO8P. The van der Waals surface area contributed by atoms with Gasteiger partial charge < -0.3 is 27.9 Å². The van der Waals surface area contributed by atoms with Gasteiger partial charge in [-0.2, -0.15) is 0 Å². The first-order valence-electron chi connectivity index (χ1n) is 18.3. The molecule has 0 radical (unpaired) electrons. The van der Waals surface area contributed by atoms with Crippen LogP contribution in [0.5, 0.6) is 0 Å². The van der Waals surface area contributed by atoms with Crippen LogP contribution in [0, 0.1) is 0 Å². The number of ether oxygens (including phenoxy) is 2. The maximum absolute atomic E-state index is 12.5. The topological polar surface area (TPSA) is 111 Å². The highest BCUT2D eigenvalue weighted by Gasteiger charge is 2.21. The van der Waals surface area contributed by atoms with Crippen LogP contribution >= 0.6 is 7.82 Å². The quantitative estimate of drug-likeness (QED) is 0.0225. The van der Waals surface area contributed by atoms with Crippen molar-refractivity contribution in [2.75, 3.05) is 47.5 Å². The van der Waals surface area contributed by atoms with E-state index in [4.69, 9.17) is 18.5 Å². The summed E-state index contributed by atoms with van der Waals surface area (Å²) in [6.45, 7) is 3.97. The van der Waals surface area contributed by atoms with Gasteiger partial charge >= 0.3 is 11.9 Å². The number of likely N-dealkylation sites (N-methyl/N-ethyl adjacent to an activating group) is 1. The molecule has 2 unspecified atom stereocenters. The predicted octanol–water partition coefficient (Wildman–Crippen LogP) is 8.94. The summed E-state index contributed by atoms with van der Waals surface area (Å²) in [7, 11) is 1.14. The monoisotopic (exact) mass is 697 g/mol. The molecule has 0 aromatic heterocycles. The number of phosphoric acid groups is 1. The molecule has 0 rings (SSSR count). The number of hydrogen-bond donors (Lipinski definition) is 0. The number of quaternary nitrogens is 1. The zero-order chi connectivity index (χ0) is 35.8. The molecule has 0 aromatic rings. The van der Waals surface area contributed by atoms with Gasteiger partial charge in [-0.3, -0.25) is 14.2 Å². The first-order chi connectivity index (χ1) is 23.0. The molecule has 0 aliphatic rings. The lowest BCUT2D eigenvalue weighted by molar-refractivity contribution is -0.870. The van der Waals surface area contributed by atoms with E-state index < -0.39 is 32.5 Å². The van der Waals surface area contributed by atoms with Crippen LogP contribution in [0.25, 0.3) is 0 Å². The highest BCUT2D eigenvalue weighted by Crippen LogP contribution is 2.38. The summed E-state index contributed by atoms with van der Waals surface area (Å²) >= 11 is 0. The van der Waals surface area contributed by atoms with Crippen molar-refractivity contribution in [3.05, 3.63) is 48.6 Å². The Bertz CT molecular complexity index is 970. The Balaban J connectivity index is 4.33. The number of hydrogen-bond acceptors (Lipinski definition) is 8. The number of allylic oxidation sites excluding steroid dienone is 8. The minimum Gasteiger partial charge on any atom is -0.756 e. The number of rotatable bonds is 32. The molecule has 0 fully saturated rings. The van der Waals surface area contributed by atoms with E-state index in [-0.39, 0.29) is 26.1 Å². The molecule has 0 N–H and O–H groups in total. The van der Waals surface area contributed by atoms with Crippen molar-refractivity contribution in [1.29, 1.82) is 0 Å². The Morgan fingerprint density at radius 3 is 1.77 bits per heavy atom. The second kappa shape index (κ2) is 31.0. The first kappa shape index (κ1) is 46.0. The van der Waals surface area contributed by atoms with Gasteiger partial charge in [0.25, 0.3) is 7.82 Å². The van der Waals surface area contributed by atoms with Crippen molar-refractivity contribution in [3.8, 4) is 0 Å². The first-order valence-corrected chi connectivity index (χ1v) is 19.8. The van der Waals surface area contributed by atoms with Gasteiger partial charge in [0.05, 0.1) is 27.7 Å². The summed E-state index contributed by atoms with van der Waals surface area (Å²) in [5.41, 5.74) is 0. The molecule has 0 bridgehead atoms. The Morgan fingerprint density at radius 1 is 0.667 bits per heavy atom. The zero-order valence-corrected chi connectivity index (χ0v) is 31.8. The predicted molar refractivity (Wildman–Crippen MR) is 194 cm³/mol. The van der Waals surface area contributed by atoms with Gasteiger partial charge in [0.1, 0.15) is 19.8 Å². The van der Waals surface area contributed by atoms with Crippen molar-refractivity contribution in [1.82, 2.24) is 0 Å². The van der Waals surface area contributed by atoms with Crippen LogP contribution in [-0.4, -0.2) is 70.0 Å². The average Bonchev–Trinajstić information content (AvgIpc) is 3.02. The summed E-state index contributed by atoms with van der Waals surface area (Å²) < 4.78 is 33.5. The Kier molecular flexibility index (Phi) is 29.7. The molecule has 10 heteroatoms. The van der Waals surface area contributed by atoms with Crippen molar-refractivity contribution >= 4 is 19.8 Å². The Morgan fingerprint density at radius 2 is 1.19 bits per heavy atom. The standard InChI is InChI=1S/C38H68NO8P/c1-6-8-10-12-13-14-15-16-17-18-19-20-21-22-23-24-25-27-29-31-38(41)47-36(34-44-37(40)30-28-26-11-9-7-2)35-46-48(42,43)45-33-32-39(3,4)5/h8,10,13-14,16-17,19-20,36H,6-7,9,11-12,15,18,21-35H2,1-5H3/b10-8-,14-13-,17-16-,20-19-. The number of carbonyl (C=O) groups is 2. The van der Waals surface area contributed by atoms with E-state index in [2.05, 4.69) is 62.5 Å². The molecule has 0 saturated heterocycles. The molecule has 0 aliphatic heterocycles. The zero-order valence-electron chi connectivity index (χ0n) is 30.9. The summed E-state index contributed by atoms with van der Waals surface area (Å²) in [5.74, 6) is -0.871. The van der Waals surface area contributed by atoms with E-state index in [1.807, 2.05) is 21.1 Å². The Labute approximate surface area is 293 Å². The molecule has 9 nitrogen and oxygen atoms in total. The summed E-state index contributed by atoms with van der Waals surface area (Å²) in [5, 5.41) is 0. The summed E-state index contributed by atoms with van der Waals surface area (Å²) in [4.78, 5) is 37.0. The minimum absolute atomic E-state index is 0.0355. The number of unbranched alkanes of at least 4 members (excludes halogenated alkanes) is 10. The highest BCUT2D eigenvalue weighted by molar-refractivity contribution is 7.45. The van der Waals surface area contributed by atoms with Crippen LogP contribution in [0.4, 0.5) is 0 Å². The van der Waals surface area contributed by atoms with Crippen LogP contribution < -0.4 is 4.89 Å². The molecule has 278 valence electrons. The fraction of sp³-hybridized carbons (Fsp3) is 0.737. The van der Waals surface area contributed by atoms with Crippen LogP contribution in [0.2, 0.25) is 0 Å². The highest BCUT2D eigenvalue weighted by atomic mass is 31.2. The average molecular weight is 698 g/mol. The number of phosphoric ester groups is 1. The fourth-order valence-corrected chi connectivity index (χ4v) is 5.19. The largest absolute Gasteiger partial charge is 0.756 e.